The summed E-state index contributed by atoms with van der Waals surface area (Å²) in [6, 6.07) is 8.40. The minimum Gasteiger partial charge on any atom is -0.341 e. The van der Waals surface area contributed by atoms with E-state index in [1.165, 1.54) is 4.90 Å². The van der Waals surface area contributed by atoms with Crippen molar-refractivity contribution in [2.75, 3.05) is 13.6 Å². The minimum atomic E-state index is -0.777. The Bertz CT molecular complexity index is 816. The molecule has 0 spiro atoms. The fourth-order valence-corrected chi connectivity index (χ4v) is 3.02. The SMILES string of the molecule is CCCN1C(=O)N[C@H](CC(=O)N(C)Cc2ccc(-n3cccn3)cc2)C1=O. The molecule has 0 radical (unpaired) electrons. The van der Waals surface area contributed by atoms with Crippen molar-refractivity contribution in [3.8, 4) is 5.69 Å². The third-order valence-electron chi connectivity index (χ3n) is 4.48. The standard InChI is InChI=1S/C19H23N5O3/c1-3-10-23-18(26)16(21-19(23)27)12-17(25)22(2)13-14-5-7-15(8-6-14)24-11-4-9-20-24/h4-9,11,16H,3,10,12-13H2,1-2H3,(H,21,27)/t16-/m1/s1. The van der Waals surface area contributed by atoms with E-state index in [1.54, 1.807) is 22.8 Å². The quantitative estimate of drug-likeness (QED) is 0.750. The number of imide groups is 1. The zero-order chi connectivity index (χ0) is 19.4. The molecule has 0 saturated carbocycles. The van der Waals surface area contributed by atoms with E-state index >= 15 is 0 Å². The van der Waals surface area contributed by atoms with Crippen LogP contribution >= 0.6 is 0 Å². The van der Waals surface area contributed by atoms with Crippen molar-refractivity contribution in [3.63, 3.8) is 0 Å². The topological polar surface area (TPSA) is 87.5 Å². The van der Waals surface area contributed by atoms with Gasteiger partial charge in [0.2, 0.25) is 5.91 Å². The zero-order valence-electron chi connectivity index (χ0n) is 15.5. The number of carbonyl (C=O) groups is 3. The first-order valence-corrected chi connectivity index (χ1v) is 8.94. The Morgan fingerprint density at radius 3 is 2.63 bits per heavy atom. The lowest BCUT2D eigenvalue weighted by Gasteiger charge is -2.19. The summed E-state index contributed by atoms with van der Waals surface area (Å²) < 4.78 is 1.76. The second kappa shape index (κ2) is 8.03. The van der Waals surface area contributed by atoms with Crippen LogP contribution in [0.15, 0.2) is 42.7 Å². The summed E-state index contributed by atoms with van der Waals surface area (Å²) in [7, 11) is 1.69. The van der Waals surface area contributed by atoms with Crippen molar-refractivity contribution in [2.24, 2.45) is 0 Å². The normalized spacial score (nSPS) is 16.5. The predicted molar refractivity (Wildman–Crippen MR) is 99.0 cm³/mol. The molecule has 2 heterocycles. The van der Waals surface area contributed by atoms with Gasteiger partial charge in [0.25, 0.3) is 5.91 Å². The van der Waals surface area contributed by atoms with E-state index in [0.29, 0.717) is 19.5 Å². The number of urea groups is 1. The molecule has 1 atom stereocenters. The Morgan fingerprint density at radius 1 is 1.26 bits per heavy atom. The minimum absolute atomic E-state index is 0.0351. The smallest absolute Gasteiger partial charge is 0.324 e. The van der Waals surface area contributed by atoms with Crippen LogP contribution in [0.25, 0.3) is 5.69 Å². The molecule has 2 aromatic rings. The van der Waals surface area contributed by atoms with Gasteiger partial charge in [0.15, 0.2) is 0 Å². The summed E-state index contributed by atoms with van der Waals surface area (Å²) in [6.45, 7) is 2.68. The van der Waals surface area contributed by atoms with E-state index in [9.17, 15) is 14.4 Å². The Hall–Kier alpha value is -3.16. The maximum absolute atomic E-state index is 12.5. The summed E-state index contributed by atoms with van der Waals surface area (Å²) in [5, 5.41) is 6.77. The second-order valence-corrected chi connectivity index (χ2v) is 6.56. The monoisotopic (exact) mass is 369 g/mol. The number of carbonyl (C=O) groups excluding carboxylic acids is 3. The van der Waals surface area contributed by atoms with E-state index in [4.69, 9.17) is 0 Å². The molecule has 0 bridgehead atoms. The van der Waals surface area contributed by atoms with E-state index in [2.05, 4.69) is 10.4 Å². The molecule has 142 valence electrons. The van der Waals surface area contributed by atoms with Gasteiger partial charge >= 0.3 is 6.03 Å². The van der Waals surface area contributed by atoms with Crippen LogP contribution < -0.4 is 5.32 Å². The van der Waals surface area contributed by atoms with Gasteiger partial charge in [0.05, 0.1) is 12.1 Å². The van der Waals surface area contributed by atoms with Gasteiger partial charge in [-0.2, -0.15) is 5.10 Å². The number of hydrogen-bond donors (Lipinski definition) is 1. The lowest BCUT2D eigenvalue weighted by molar-refractivity contribution is -0.135. The summed E-state index contributed by atoms with van der Waals surface area (Å²) in [5.41, 5.74) is 1.91. The molecule has 1 fully saturated rings. The van der Waals surface area contributed by atoms with Gasteiger partial charge in [0.1, 0.15) is 6.04 Å². The van der Waals surface area contributed by atoms with E-state index in [1.807, 2.05) is 43.5 Å². The van der Waals surface area contributed by atoms with Crippen LogP contribution in [0.2, 0.25) is 0 Å². The number of amides is 4. The van der Waals surface area contributed by atoms with E-state index < -0.39 is 12.1 Å². The highest BCUT2D eigenvalue weighted by atomic mass is 16.2. The molecule has 3 rings (SSSR count). The Morgan fingerprint density at radius 2 is 2.00 bits per heavy atom. The molecule has 27 heavy (non-hydrogen) atoms. The number of aromatic nitrogens is 2. The average molecular weight is 369 g/mol. The van der Waals surface area contributed by atoms with Crippen molar-refractivity contribution in [3.05, 3.63) is 48.3 Å². The Labute approximate surface area is 157 Å². The molecule has 1 aromatic carbocycles. The van der Waals surface area contributed by atoms with Crippen LogP contribution in [0.3, 0.4) is 0 Å². The van der Waals surface area contributed by atoms with Crippen molar-refractivity contribution in [1.82, 2.24) is 24.9 Å². The van der Waals surface area contributed by atoms with Crippen LogP contribution in [0.5, 0.6) is 0 Å². The first-order valence-electron chi connectivity index (χ1n) is 8.94. The molecule has 1 aliphatic rings. The molecular formula is C19H23N5O3. The fraction of sp³-hybridized carbons (Fsp3) is 0.368. The number of nitrogens with zero attached hydrogens (tertiary/aromatic N) is 4. The Kier molecular flexibility index (Phi) is 5.54. The van der Waals surface area contributed by atoms with Crippen LogP contribution in [-0.2, 0) is 16.1 Å². The third-order valence-corrected chi connectivity index (χ3v) is 4.48. The predicted octanol–water partition coefficient (Wildman–Crippen LogP) is 1.55. The van der Waals surface area contributed by atoms with Crippen molar-refractivity contribution in [2.45, 2.75) is 32.4 Å². The average Bonchev–Trinajstić information content (AvgIpc) is 3.27. The van der Waals surface area contributed by atoms with E-state index in [0.717, 1.165) is 11.3 Å². The van der Waals surface area contributed by atoms with Gasteiger partial charge in [-0.05, 0) is 30.2 Å². The maximum atomic E-state index is 12.5. The lowest BCUT2D eigenvalue weighted by Crippen LogP contribution is -2.37. The number of nitrogens with one attached hydrogen (secondary N) is 1. The molecular weight excluding hydrogens is 346 g/mol. The van der Waals surface area contributed by atoms with Crippen LogP contribution in [0.1, 0.15) is 25.3 Å². The molecule has 4 amide bonds. The van der Waals surface area contributed by atoms with Gasteiger partial charge in [-0.25, -0.2) is 9.48 Å². The largest absolute Gasteiger partial charge is 0.341 e. The van der Waals surface area contributed by atoms with Crippen LogP contribution in [-0.4, -0.2) is 57.1 Å². The van der Waals surface area contributed by atoms with Crippen LogP contribution in [0, 0.1) is 0 Å². The van der Waals surface area contributed by atoms with Gasteiger partial charge in [-0.15, -0.1) is 0 Å². The first-order chi connectivity index (χ1) is 13.0. The number of benzene rings is 1. The van der Waals surface area contributed by atoms with Gasteiger partial charge in [-0.1, -0.05) is 19.1 Å². The maximum Gasteiger partial charge on any atom is 0.324 e. The summed E-state index contributed by atoms with van der Waals surface area (Å²) in [6.07, 6.45) is 4.23. The number of hydrogen-bond acceptors (Lipinski definition) is 4. The molecule has 0 unspecified atom stereocenters. The highest BCUT2D eigenvalue weighted by molar-refractivity contribution is 6.05. The van der Waals surface area contributed by atoms with Crippen LogP contribution in [0.4, 0.5) is 4.79 Å². The van der Waals surface area contributed by atoms with Crippen molar-refractivity contribution < 1.29 is 14.4 Å². The van der Waals surface area contributed by atoms with Crippen molar-refractivity contribution >= 4 is 17.8 Å². The molecule has 1 aliphatic heterocycles. The van der Waals surface area contributed by atoms with Gasteiger partial charge in [0, 0.05) is 32.5 Å². The Balaban J connectivity index is 1.56. The summed E-state index contributed by atoms with van der Waals surface area (Å²) in [4.78, 5) is 39.3. The highest BCUT2D eigenvalue weighted by Crippen LogP contribution is 2.14. The van der Waals surface area contributed by atoms with Gasteiger partial charge < -0.3 is 10.2 Å². The van der Waals surface area contributed by atoms with Crippen molar-refractivity contribution in [1.29, 1.82) is 0 Å². The number of rotatable bonds is 7. The molecule has 1 N–H and O–H groups in total. The summed E-state index contributed by atoms with van der Waals surface area (Å²) >= 11 is 0. The molecule has 0 aliphatic carbocycles. The second-order valence-electron chi connectivity index (χ2n) is 6.56. The highest BCUT2D eigenvalue weighted by Gasteiger charge is 2.38. The molecule has 1 saturated heterocycles. The van der Waals surface area contributed by atoms with E-state index in [-0.39, 0.29) is 18.2 Å². The lowest BCUT2D eigenvalue weighted by atomic mass is 10.1. The zero-order valence-corrected chi connectivity index (χ0v) is 15.5. The molecule has 1 aromatic heterocycles. The fourth-order valence-electron chi connectivity index (χ4n) is 3.02. The third kappa shape index (κ3) is 4.16. The molecule has 8 nitrogen and oxygen atoms in total. The van der Waals surface area contributed by atoms with Gasteiger partial charge in [-0.3, -0.25) is 14.5 Å². The summed E-state index contributed by atoms with van der Waals surface area (Å²) in [5.74, 6) is -0.518. The first kappa shape index (κ1) is 18.6. The molecule has 8 heteroatoms.